The van der Waals surface area contributed by atoms with Crippen LogP contribution in [0.2, 0.25) is 0 Å². The molecule has 9 nitrogen and oxygen atoms in total. The fourth-order valence-corrected chi connectivity index (χ4v) is 4.88. The summed E-state index contributed by atoms with van der Waals surface area (Å²) < 4.78 is 63.8. The minimum absolute atomic E-state index is 0.0998. The molecule has 3 aromatic rings. The lowest BCUT2D eigenvalue weighted by atomic mass is 10.0. The third-order valence-corrected chi connectivity index (χ3v) is 6.68. The normalized spacial score (nSPS) is 16.1. The number of ether oxygens (including phenoxy) is 3. The van der Waals surface area contributed by atoms with Crippen LogP contribution in [0.1, 0.15) is 22.3 Å². The van der Waals surface area contributed by atoms with Gasteiger partial charge in [0.25, 0.3) is 5.56 Å². The van der Waals surface area contributed by atoms with Crippen LogP contribution < -0.4 is 15.0 Å². The molecule has 0 saturated carbocycles. The number of benzene rings is 2. The van der Waals surface area contributed by atoms with Gasteiger partial charge in [-0.05, 0) is 30.7 Å². The zero-order chi connectivity index (χ0) is 27.9. The summed E-state index contributed by atoms with van der Waals surface area (Å²) in [6.07, 6.45) is -4.36. The average Bonchev–Trinajstić information content (AvgIpc) is 3.47. The Bertz CT molecular complexity index is 1530. The molecule has 6 rings (SSSR count). The average molecular weight is 550 g/mol. The highest BCUT2D eigenvalue weighted by Gasteiger charge is 2.38. The topological polar surface area (TPSA) is 107 Å². The number of hydrogen-bond donors (Lipinski definition) is 1. The minimum Gasteiger partial charge on any atom is -0.475 e. The second-order valence-electron chi connectivity index (χ2n) is 9.06. The molecular weight excluding hydrogens is 528 g/mol. The molecule has 1 aliphatic carbocycles. The zero-order valence-electron chi connectivity index (χ0n) is 20.3. The van der Waals surface area contributed by atoms with Gasteiger partial charge in [0.15, 0.2) is 17.3 Å². The number of aliphatic carboxylic acids is 1. The molecule has 39 heavy (non-hydrogen) atoms. The number of carbonyl (C=O) groups is 2. The van der Waals surface area contributed by atoms with Crippen LogP contribution in [0.5, 0.6) is 11.5 Å². The van der Waals surface area contributed by atoms with E-state index in [9.17, 15) is 27.2 Å². The third kappa shape index (κ3) is 5.06. The van der Waals surface area contributed by atoms with E-state index >= 15 is 0 Å². The maximum atomic E-state index is 14.0. The summed E-state index contributed by atoms with van der Waals surface area (Å²) >= 11 is 0. The van der Waals surface area contributed by atoms with Gasteiger partial charge in [0.05, 0.1) is 29.9 Å². The Morgan fingerprint density at radius 2 is 1.59 bits per heavy atom. The Balaban J connectivity index is 0.000000392. The van der Waals surface area contributed by atoms with Crippen molar-refractivity contribution in [2.24, 2.45) is 0 Å². The Kier molecular flexibility index (Phi) is 7.03. The summed E-state index contributed by atoms with van der Waals surface area (Å²) in [5.74, 6) is -2.38. The van der Waals surface area contributed by atoms with Gasteiger partial charge in [-0.15, -0.1) is 0 Å². The Labute approximate surface area is 218 Å². The molecule has 2 aliphatic heterocycles. The van der Waals surface area contributed by atoms with Crippen molar-refractivity contribution in [1.29, 1.82) is 0 Å². The van der Waals surface area contributed by atoms with Crippen LogP contribution in [-0.4, -0.2) is 72.1 Å². The van der Waals surface area contributed by atoms with Gasteiger partial charge in [-0.1, -0.05) is 6.07 Å². The first-order chi connectivity index (χ1) is 18.6. The SMILES string of the molecule is O=C(O)C(F)(F)F.O=C1c2cc3c(cc2-c2c1c1ccc(F)cc1c(=O)n2CCCN1CCOCC1)OCO3. The number of alkyl halides is 3. The van der Waals surface area contributed by atoms with Crippen molar-refractivity contribution in [2.45, 2.75) is 19.1 Å². The Morgan fingerprint density at radius 1 is 0.949 bits per heavy atom. The largest absolute Gasteiger partial charge is 0.490 e. The van der Waals surface area contributed by atoms with Crippen LogP contribution >= 0.6 is 0 Å². The van der Waals surface area contributed by atoms with Gasteiger partial charge in [-0.25, -0.2) is 9.18 Å². The van der Waals surface area contributed by atoms with Crippen molar-refractivity contribution in [3.63, 3.8) is 0 Å². The van der Waals surface area contributed by atoms with Gasteiger partial charge in [-0.3, -0.25) is 14.5 Å². The predicted octanol–water partition coefficient (Wildman–Crippen LogP) is 3.44. The number of morpholine rings is 1. The molecular formula is C26H22F4N2O7. The molecule has 0 unspecified atom stereocenters. The van der Waals surface area contributed by atoms with Crippen molar-refractivity contribution < 1.29 is 46.5 Å². The van der Waals surface area contributed by atoms with E-state index in [1.54, 1.807) is 16.7 Å². The summed E-state index contributed by atoms with van der Waals surface area (Å²) in [5.41, 5.74) is 1.85. The second-order valence-corrected chi connectivity index (χ2v) is 9.06. The highest BCUT2D eigenvalue weighted by molar-refractivity contribution is 6.27. The molecule has 1 aromatic heterocycles. The summed E-state index contributed by atoms with van der Waals surface area (Å²) in [4.78, 5) is 38.1. The van der Waals surface area contributed by atoms with Gasteiger partial charge in [-0.2, -0.15) is 13.2 Å². The van der Waals surface area contributed by atoms with Crippen molar-refractivity contribution in [3.05, 3.63) is 57.6 Å². The highest BCUT2D eigenvalue weighted by Crippen LogP contribution is 2.45. The second kappa shape index (κ2) is 10.3. The number of carbonyl (C=O) groups excluding carboxylic acids is 1. The van der Waals surface area contributed by atoms with Crippen molar-refractivity contribution >= 4 is 22.5 Å². The van der Waals surface area contributed by atoms with E-state index in [4.69, 9.17) is 24.1 Å². The number of aromatic nitrogens is 1. The number of ketones is 1. The number of fused-ring (bicyclic) bond motifs is 6. The maximum absolute atomic E-state index is 14.0. The first-order valence-corrected chi connectivity index (χ1v) is 12.0. The van der Waals surface area contributed by atoms with Crippen LogP contribution in [0.3, 0.4) is 0 Å². The van der Waals surface area contributed by atoms with Gasteiger partial charge in [0.1, 0.15) is 5.82 Å². The van der Waals surface area contributed by atoms with Crippen molar-refractivity contribution in [2.75, 3.05) is 39.6 Å². The fourth-order valence-electron chi connectivity index (χ4n) is 4.88. The molecule has 13 heteroatoms. The van der Waals surface area contributed by atoms with Crippen LogP contribution in [0.4, 0.5) is 17.6 Å². The maximum Gasteiger partial charge on any atom is 0.490 e. The number of pyridine rings is 1. The molecule has 0 amide bonds. The first-order valence-electron chi connectivity index (χ1n) is 12.0. The molecule has 0 spiro atoms. The van der Waals surface area contributed by atoms with E-state index in [0.29, 0.717) is 59.0 Å². The van der Waals surface area contributed by atoms with Crippen LogP contribution in [-0.2, 0) is 16.1 Å². The van der Waals surface area contributed by atoms with E-state index in [2.05, 4.69) is 4.90 Å². The standard InChI is InChI=1S/C24H21FN2O5.C2HF3O2/c25-14-2-3-15-18(10-14)24(29)27(5-1-4-26-6-8-30-9-7-26)22-16-11-19-20(32-13-31-19)12-17(16)23(28)21(15)22;3-2(4,5)1(6)7/h2-3,10-12H,1,4-9,13H2;(H,6,7). The number of rotatable bonds is 4. The molecule has 0 radical (unpaired) electrons. The smallest absolute Gasteiger partial charge is 0.475 e. The Morgan fingerprint density at radius 3 is 2.23 bits per heavy atom. The lowest BCUT2D eigenvalue weighted by molar-refractivity contribution is -0.192. The number of hydrogen-bond acceptors (Lipinski definition) is 7. The first kappa shape index (κ1) is 26.6. The van der Waals surface area contributed by atoms with E-state index in [-0.39, 0.29) is 23.5 Å². The van der Waals surface area contributed by atoms with E-state index in [0.717, 1.165) is 26.1 Å². The number of nitrogens with zero attached hydrogens (tertiary/aromatic N) is 2. The van der Waals surface area contributed by atoms with E-state index in [1.807, 2.05) is 0 Å². The van der Waals surface area contributed by atoms with Crippen molar-refractivity contribution in [3.8, 4) is 22.8 Å². The summed E-state index contributed by atoms with van der Waals surface area (Å²) in [7, 11) is 0. The zero-order valence-corrected chi connectivity index (χ0v) is 20.3. The monoisotopic (exact) mass is 550 g/mol. The molecule has 1 fully saturated rings. The highest BCUT2D eigenvalue weighted by atomic mass is 19.4. The number of carboxylic acids is 1. The lowest BCUT2D eigenvalue weighted by Gasteiger charge is -2.26. The third-order valence-electron chi connectivity index (χ3n) is 6.68. The number of halogens is 4. The number of carboxylic acid groups (broad SMARTS) is 1. The van der Waals surface area contributed by atoms with Gasteiger partial charge < -0.3 is 23.9 Å². The molecule has 1 saturated heterocycles. The summed E-state index contributed by atoms with van der Waals surface area (Å²) in [5, 5.41) is 7.82. The Hall–Kier alpha value is -3.97. The predicted molar refractivity (Wildman–Crippen MR) is 129 cm³/mol. The summed E-state index contributed by atoms with van der Waals surface area (Å²) in [6, 6.07) is 7.48. The molecule has 2 aromatic carbocycles. The molecule has 1 N–H and O–H groups in total. The lowest BCUT2D eigenvalue weighted by Crippen LogP contribution is -2.37. The van der Waals surface area contributed by atoms with Gasteiger partial charge >= 0.3 is 12.1 Å². The minimum atomic E-state index is -5.08. The molecule has 0 atom stereocenters. The molecule has 3 aliphatic rings. The fraction of sp³-hybridized carbons (Fsp3) is 0.346. The quantitative estimate of drug-likeness (QED) is 0.386. The van der Waals surface area contributed by atoms with Gasteiger partial charge in [0, 0.05) is 42.7 Å². The van der Waals surface area contributed by atoms with E-state index in [1.165, 1.54) is 18.2 Å². The van der Waals surface area contributed by atoms with Crippen LogP contribution in [0, 0.1) is 5.82 Å². The van der Waals surface area contributed by atoms with Crippen LogP contribution in [0.15, 0.2) is 35.1 Å². The van der Waals surface area contributed by atoms with E-state index < -0.39 is 18.0 Å². The molecule has 206 valence electrons. The molecule has 0 bridgehead atoms. The van der Waals surface area contributed by atoms with Gasteiger partial charge in [0.2, 0.25) is 6.79 Å². The summed E-state index contributed by atoms with van der Waals surface area (Å²) in [6.45, 7) is 4.48. The molecule has 3 heterocycles. The van der Waals surface area contributed by atoms with Crippen molar-refractivity contribution in [1.82, 2.24) is 9.47 Å². The van der Waals surface area contributed by atoms with Crippen LogP contribution in [0.25, 0.3) is 22.0 Å².